The average Bonchev–Trinajstić information content (AvgIpc) is 2.97. The van der Waals surface area contributed by atoms with Crippen LogP contribution in [0.25, 0.3) is 5.69 Å². The molecule has 2 N–H and O–H groups in total. The van der Waals surface area contributed by atoms with Crippen molar-refractivity contribution in [3.8, 4) is 5.69 Å². The number of likely N-dealkylation sites (N-methyl/N-ethyl adjacent to an activating group) is 1. The van der Waals surface area contributed by atoms with Gasteiger partial charge in [0, 0.05) is 18.3 Å². The lowest BCUT2D eigenvalue weighted by molar-refractivity contribution is 0.213. The molecule has 0 aliphatic heterocycles. The third kappa shape index (κ3) is 3.26. The molecule has 0 spiro atoms. The topological polar surface area (TPSA) is 47.1 Å². The van der Waals surface area contributed by atoms with E-state index in [0.29, 0.717) is 6.54 Å². The second kappa shape index (κ2) is 7.22. The van der Waals surface area contributed by atoms with E-state index in [1.165, 1.54) is 5.56 Å². The summed E-state index contributed by atoms with van der Waals surface area (Å²) in [7, 11) is 0. The van der Waals surface area contributed by atoms with Gasteiger partial charge in [0.25, 0.3) is 0 Å². The molecule has 4 heteroatoms. The van der Waals surface area contributed by atoms with Crippen molar-refractivity contribution in [3.63, 3.8) is 0 Å². The molecule has 0 aliphatic rings. The normalized spacial score (nSPS) is 12.8. The zero-order chi connectivity index (χ0) is 14.4. The number of para-hydroxylation sites is 1. The predicted octanol–water partition coefficient (Wildman–Crippen LogP) is 2.60. The summed E-state index contributed by atoms with van der Waals surface area (Å²) in [6.07, 6.45) is 5.16. The van der Waals surface area contributed by atoms with Crippen LogP contribution in [0.15, 0.2) is 42.7 Å². The summed E-state index contributed by atoms with van der Waals surface area (Å²) >= 11 is 0. The van der Waals surface area contributed by atoms with Crippen molar-refractivity contribution in [3.05, 3.63) is 48.3 Å². The van der Waals surface area contributed by atoms with Crippen LogP contribution in [0.1, 0.15) is 31.9 Å². The van der Waals surface area contributed by atoms with Crippen LogP contribution < -0.4 is 5.73 Å². The molecule has 2 rings (SSSR count). The van der Waals surface area contributed by atoms with E-state index < -0.39 is 0 Å². The molecule has 1 aromatic heterocycles. The highest BCUT2D eigenvalue weighted by molar-refractivity contribution is 5.31. The van der Waals surface area contributed by atoms with Gasteiger partial charge in [-0.15, -0.1) is 0 Å². The smallest absolute Gasteiger partial charge is 0.0645 e. The van der Waals surface area contributed by atoms with Gasteiger partial charge in [0.15, 0.2) is 0 Å². The van der Waals surface area contributed by atoms with Crippen LogP contribution in [0, 0.1) is 0 Å². The summed E-state index contributed by atoms with van der Waals surface area (Å²) < 4.78 is 1.91. The van der Waals surface area contributed by atoms with Crippen molar-refractivity contribution in [1.82, 2.24) is 14.7 Å². The molecule has 0 fully saturated rings. The molecular formula is C16H24N4. The maximum Gasteiger partial charge on any atom is 0.0645 e. The van der Waals surface area contributed by atoms with Crippen molar-refractivity contribution in [1.29, 1.82) is 0 Å². The molecule has 1 unspecified atom stereocenters. The summed E-state index contributed by atoms with van der Waals surface area (Å²) in [4.78, 5) is 2.41. The Balaban J connectivity index is 2.21. The first-order chi connectivity index (χ1) is 9.80. The van der Waals surface area contributed by atoms with Gasteiger partial charge in [-0.3, -0.25) is 4.90 Å². The van der Waals surface area contributed by atoms with E-state index in [1.54, 1.807) is 0 Å². The number of hydrogen-bond acceptors (Lipinski definition) is 3. The molecular weight excluding hydrogens is 248 g/mol. The number of benzene rings is 1. The zero-order valence-electron chi connectivity index (χ0n) is 12.4. The van der Waals surface area contributed by atoms with E-state index >= 15 is 0 Å². The molecule has 4 nitrogen and oxygen atoms in total. The third-order valence-corrected chi connectivity index (χ3v) is 3.59. The second-order valence-corrected chi connectivity index (χ2v) is 4.93. The van der Waals surface area contributed by atoms with E-state index in [4.69, 9.17) is 5.73 Å². The fourth-order valence-electron chi connectivity index (χ4n) is 2.55. The summed E-state index contributed by atoms with van der Waals surface area (Å²) in [5.74, 6) is 0. The zero-order valence-corrected chi connectivity index (χ0v) is 12.4. The van der Waals surface area contributed by atoms with Gasteiger partial charge in [-0.05, 0) is 31.6 Å². The number of hydrogen-bond donors (Lipinski definition) is 1. The fraction of sp³-hybridized carbons (Fsp3) is 0.438. The highest BCUT2D eigenvalue weighted by atomic mass is 15.3. The minimum Gasteiger partial charge on any atom is -0.329 e. The average molecular weight is 272 g/mol. The van der Waals surface area contributed by atoms with E-state index in [2.05, 4.69) is 42.2 Å². The van der Waals surface area contributed by atoms with Gasteiger partial charge < -0.3 is 5.73 Å². The summed E-state index contributed by atoms with van der Waals surface area (Å²) in [5, 5.41) is 4.47. The number of aromatic nitrogens is 2. The molecule has 1 aromatic carbocycles. The number of nitrogens with two attached hydrogens (primary N) is 1. The Labute approximate surface area is 121 Å². The Morgan fingerprint density at radius 1 is 1.25 bits per heavy atom. The van der Waals surface area contributed by atoms with Crippen LogP contribution in [0.2, 0.25) is 0 Å². The highest BCUT2D eigenvalue weighted by Gasteiger charge is 2.18. The molecule has 2 aromatic rings. The summed E-state index contributed by atoms with van der Waals surface area (Å²) in [5.41, 5.74) is 8.24. The van der Waals surface area contributed by atoms with Gasteiger partial charge in [0.2, 0.25) is 0 Å². The van der Waals surface area contributed by atoms with Crippen molar-refractivity contribution in [2.24, 2.45) is 5.73 Å². The molecule has 20 heavy (non-hydrogen) atoms. The Hall–Kier alpha value is -1.65. The molecule has 1 heterocycles. The Morgan fingerprint density at radius 3 is 2.60 bits per heavy atom. The van der Waals surface area contributed by atoms with E-state index in [0.717, 1.165) is 25.2 Å². The Kier molecular flexibility index (Phi) is 5.32. The predicted molar refractivity (Wildman–Crippen MR) is 82.9 cm³/mol. The van der Waals surface area contributed by atoms with Crippen LogP contribution in [0.3, 0.4) is 0 Å². The maximum atomic E-state index is 5.98. The second-order valence-electron chi connectivity index (χ2n) is 4.93. The van der Waals surface area contributed by atoms with Crippen molar-refractivity contribution in [2.45, 2.75) is 26.3 Å². The monoisotopic (exact) mass is 272 g/mol. The molecule has 0 aliphatic carbocycles. The van der Waals surface area contributed by atoms with Crippen LogP contribution >= 0.6 is 0 Å². The first kappa shape index (κ1) is 14.8. The fourth-order valence-corrected chi connectivity index (χ4v) is 2.55. The minimum atomic E-state index is 0.248. The summed E-state index contributed by atoms with van der Waals surface area (Å²) in [6, 6.07) is 10.4. The van der Waals surface area contributed by atoms with Crippen LogP contribution in [0.4, 0.5) is 0 Å². The lowest BCUT2D eigenvalue weighted by atomic mass is 10.1. The van der Waals surface area contributed by atoms with Gasteiger partial charge >= 0.3 is 0 Å². The lowest BCUT2D eigenvalue weighted by Gasteiger charge is -2.28. The van der Waals surface area contributed by atoms with Crippen LogP contribution in [0.5, 0.6) is 0 Å². The maximum absolute atomic E-state index is 5.98. The standard InChI is InChI=1S/C16H24N4/c1-3-10-19(4-2)16(11-17)14-12-18-20(13-14)15-8-6-5-7-9-15/h5-9,12-13,16H,3-4,10-11,17H2,1-2H3. The first-order valence-electron chi connectivity index (χ1n) is 7.34. The van der Waals surface area contributed by atoms with Gasteiger partial charge in [0.1, 0.15) is 0 Å². The van der Waals surface area contributed by atoms with E-state index in [-0.39, 0.29) is 6.04 Å². The Morgan fingerprint density at radius 2 is 2.00 bits per heavy atom. The minimum absolute atomic E-state index is 0.248. The van der Waals surface area contributed by atoms with Gasteiger partial charge in [-0.1, -0.05) is 32.0 Å². The van der Waals surface area contributed by atoms with E-state index in [9.17, 15) is 0 Å². The van der Waals surface area contributed by atoms with Crippen LogP contribution in [-0.2, 0) is 0 Å². The largest absolute Gasteiger partial charge is 0.329 e. The van der Waals surface area contributed by atoms with Crippen LogP contribution in [-0.4, -0.2) is 34.3 Å². The molecule has 108 valence electrons. The molecule has 0 saturated carbocycles. The van der Waals surface area contributed by atoms with Crippen molar-refractivity contribution < 1.29 is 0 Å². The highest BCUT2D eigenvalue weighted by Crippen LogP contribution is 2.20. The van der Waals surface area contributed by atoms with Gasteiger partial charge in [-0.2, -0.15) is 5.10 Å². The molecule has 0 amide bonds. The molecule has 0 bridgehead atoms. The Bertz CT molecular complexity index is 506. The van der Waals surface area contributed by atoms with Gasteiger partial charge in [0.05, 0.1) is 17.9 Å². The van der Waals surface area contributed by atoms with Crippen molar-refractivity contribution in [2.75, 3.05) is 19.6 Å². The molecule has 0 radical (unpaired) electrons. The first-order valence-corrected chi connectivity index (χ1v) is 7.34. The van der Waals surface area contributed by atoms with Gasteiger partial charge in [-0.25, -0.2) is 4.68 Å². The van der Waals surface area contributed by atoms with E-state index in [1.807, 2.05) is 29.1 Å². The molecule has 1 atom stereocenters. The number of rotatable bonds is 7. The van der Waals surface area contributed by atoms with Crippen molar-refractivity contribution >= 4 is 0 Å². The molecule has 0 saturated heterocycles. The quantitative estimate of drug-likeness (QED) is 0.843. The lowest BCUT2D eigenvalue weighted by Crippen LogP contribution is -2.34. The SMILES string of the molecule is CCCN(CC)C(CN)c1cnn(-c2ccccc2)c1. The summed E-state index contributed by atoms with van der Waals surface area (Å²) in [6.45, 7) is 7.07. The number of nitrogens with zero attached hydrogens (tertiary/aromatic N) is 3. The third-order valence-electron chi connectivity index (χ3n) is 3.59.